The molecule has 22 heavy (non-hydrogen) atoms. The third-order valence-electron chi connectivity index (χ3n) is 3.88. The smallest absolute Gasteiger partial charge is 0.156 e. The molecule has 2 aliphatic rings. The standard InChI is InChI=1S/C18H10ClNO2/c19-11-9-16-18-17(10-11)22-15-8-4-2-6-13(15)20(18)12-5-1-3-7-14(12)21-16/h1-10H. The fraction of sp³-hybridized carbons (Fsp3) is 0. The second-order valence-corrected chi connectivity index (χ2v) is 5.66. The summed E-state index contributed by atoms with van der Waals surface area (Å²) in [6.45, 7) is 0. The number of ether oxygens (including phenoxy) is 2. The molecule has 0 atom stereocenters. The molecule has 2 heterocycles. The van der Waals surface area contributed by atoms with Crippen molar-refractivity contribution in [3.63, 3.8) is 0 Å². The Hall–Kier alpha value is -2.65. The van der Waals surface area contributed by atoms with Gasteiger partial charge in [0.25, 0.3) is 0 Å². The largest absolute Gasteiger partial charge is 0.453 e. The number of para-hydroxylation sites is 4. The van der Waals surface area contributed by atoms with E-state index in [0.29, 0.717) is 16.5 Å². The molecule has 2 aliphatic heterocycles. The molecule has 5 rings (SSSR count). The van der Waals surface area contributed by atoms with E-state index < -0.39 is 0 Å². The lowest BCUT2D eigenvalue weighted by Crippen LogP contribution is -2.20. The Kier molecular flexibility index (Phi) is 2.27. The summed E-state index contributed by atoms with van der Waals surface area (Å²) >= 11 is 6.21. The zero-order valence-corrected chi connectivity index (χ0v) is 12.2. The first-order valence-corrected chi connectivity index (χ1v) is 7.36. The van der Waals surface area contributed by atoms with Crippen LogP contribution in [0.25, 0.3) is 0 Å². The maximum absolute atomic E-state index is 6.21. The van der Waals surface area contributed by atoms with Crippen molar-refractivity contribution in [3.05, 3.63) is 65.7 Å². The summed E-state index contributed by atoms with van der Waals surface area (Å²) in [4.78, 5) is 2.17. The van der Waals surface area contributed by atoms with E-state index >= 15 is 0 Å². The van der Waals surface area contributed by atoms with Gasteiger partial charge in [-0.2, -0.15) is 0 Å². The van der Waals surface area contributed by atoms with Gasteiger partial charge in [-0.15, -0.1) is 0 Å². The van der Waals surface area contributed by atoms with E-state index in [1.165, 1.54) is 0 Å². The number of hydrogen-bond acceptors (Lipinski definition) is 3. The fourth-order valence-electron chi connectivity index (χ4n) is 2.99. The Bertz CT molecular complexity index is 852. The first-order chi connectivity index (χ1) is 10.8. The van der Waals surface area contributed by atoms with Crippen LogP contribution in [0.4, 0.5) is 17.1 Å². The minimum Gasteiger partial charge on any atom is -0.453 e. The first-order valence-electron chi connectivity index (χ1n) is 6.99. The third kappa shape index (κ3) is 1.51. The molecule has 0 bridgehead atoms. The molecule has 0 spiro atoms. The van der Waals surface area contributed by atoms with Crippen LogP contribution in [0, 0.1) is 0 Å². The predicted octanol–water partition coefficient (Wildman–Crippen LogP) is 6.02. The summed E-state index contributed by atoms with van der Waals surface area (Å²) in [5.41, 5.74) is 2.88. The normalized spacial score (nSPS) is 13.4. The van der Waals surface area contributed by atoms with Gasteiger partial charge in [-0.1, -0.05) is 35.9 Å². The van der Waals surface area contributed by atoms with Crippen molar-refractivity contribution in [2.45, 2.75) is 0 Å². The topological polar surface area (TPSA) is 21.7 Å². The Balaban J connectivity index is 1.88. The lowest BCUT2D eigenvalue weighted by atomic mass is 10.1. The van der Waals surface area contributed by atoms with Crippen LogP contribution in [0.15, 0.2) is 60.7 Å². The van der Waals surface area contributed by atoms with Crippen LogP contribution in [-0.4, -0.2) is 0 Å². The van der Waals surface area contributed by atoms with E-state index in [1.807, 2.05) is 60.7 Å². The van der Waals surface area contributed by atoms with Crippen LogP contribution in [0.5, 0.6) is 23.0 Å². The van der Waals surface area contributed by atoms with Crippen LogP contribution in [-0.2, 0) is 0 Å². The maximum atomic E-state index is 6.21. The first kappa shape index (κ1) is 12.0. The Morgan fingerprint density at radius 3 is 1.73 bits per heavy atom. The molecule has 4 heteroatoms. The maximum Gasteiger partial charge on any atom is 0.156 e. The molecule has 0 saturated carbocycles. The van der Waals surface area contributed by atoms with Crippen LogP contribution in [0.3, 0.4) is 0 Å². The van der Waals surface area contributed by atoms with Crippen molar-refractivity contribution in [3.8, 4) is 23.0 Å². The van der Waals surface area contributed by atoms with Gasteiger partial charge >= 0.3 is 0 Å². The molecule has 0 radical (unpaired) electrons. The Morgan fingerprint density at radius 2 is 1.18 bits per heavy atom. The molecular weight excluding hydrogens is 298 g/mol. The van der Waals surface area contributed by atoms with Crippen molar-refractivity contribution in [1.82, 2.24) is 0 Å². The van der Waals surface area contributed by atoms with Gasteiger partial charge in [0, 0.05) is 17.2 Å². The third-order valence-corrected chi connectivity index (χ3v) is 4.10. The number of halogens is 1. The van der Waals surface area contributed by atoms with Gasteiger partial charge in [0.15, 0.2) is 23.0 Å². The van der Waals surface area contributed by atoms with Gasteiger partial charge in [0.2, 0.25) is 0 Å². The molecule has 0 fully saturated rings. The lowest BCUT2D eigenvalue weighted by Gasteiger charge is -2.37. The highest BCUT2D eigenvalue weighted by molar-refractivity contribution is 6.31. The lowest BCUT2D eigenvalue weighted by molar-refractivity contribution is 0.446. The fourth-order valence-corrected chi connectivity index (χ4v) is 3.19. The van der Waals surface area contributed by atoms with Gasteiger partial charge in [-0.25, -0.2) is 0 Å². The van der Waals surface area contributed by atoms with Gasteiger partial charge in [0.05, 0.1) is 11.4 Å². The monoisotopic (exact) mass is 307 g/mol. The van der Waals surface area contributed by atoms with Crippen molar-refractivity contribution in [2.24, 2.45) is 0 Å². The molecule has 0 unspecified atom stereocenters. The molecule has 3 aromatic carbocycles. The van der Waals surface area contributed by atoms with Crippen LogP contribution in [0.1, 0.15) is 0 Å². The summed E-state index contributed by atoms with van der Waals surface area (Å²) < 4.78 is 12.0. The highest BCUT2D eigenvalue weighted by Crippen LogP contribution is 2.59. The predicted molar refractivity (Wildman–Crippen MR) is 86.3 cm³/mol. The minimum absolute atomic E-state index is 0.590. The summed E-state index contributed by atoms with van der Waals surface area (Å²) in [5.74, 6) is 3.02. The van der Waals surface area contributed by atoms with Gasteiger partial charge in [-0.3, -0.25) is 4.90 Å². The van der Waals surface area contributed by atoms with Crippen molar-refractivity contribution < 1.29 is 9.47 Å². The van der Waals surface area contributed by atoms with E-state index in [1.54, 1.807) is 0 Å². The van der Waals surface area contributed by atoms with Crippen molar-refractivity contribution in [2.75, 3.05) is 4.90 Å². The van der Waals surface area contributed by atoms with E-state index in [0.717, 1.165) is 28.6 Å². The van der Waals surface area contributed by atoms with Gasteiger partial charge < -0.3 is 9.47 Å². The van der Waals surface area contributed by atoms with E-state index in [4.69, 9.17) is 21.1 Å². The van der Waals surface area contributed by atoms with Crippen molar-refractivity contribution in [1.29, 1.82) is 0 Å². The number of rotatable bonds is 0. The van der Waals surface area contributed by atoms with E-state index in [-0.39, 0.29) is 0 Å². The minimum atomic E-state index is 0.590. The van der Waals surface area contributed by atoms with Crippen LogP contribution < -0.4 is 14.4 Å². The number of benzene rings is 3. The quantitative estimate of drug-likeness (QED) is 0.349. The summed E-state index contributed by atoms with van der Waals surface area (Å²) in [6.07, 6.45) is 0. The number of anilines is 3. The number of nitrogens with zero attached hydrogens (tertiary/aromatic N) is 1. The van der Waals surface area contributed by atoms with Gasteiger partial charge in [-0.05, 0) is 24.3 Å². The molecule has 3 aromatic rings. The van der Waals surface area contributed by atoms with E-state index in [2.05, 4.69) is 4.90 Å². The molecular formula is C18H10ClNO2. The zero-order valence-electron chi connectivity index (χ0n) is 11.4. The zero-order chi connectivity index (χ0) is 14.7. The highest BCUT2D eigenvalue weighted by Gasteiger charge is 2.34. The molecule has 106 valence electrons. The van der Waals surface area contributed by atoms with E-state index in [9.17, 15) is 0 Å². The Morgan fingerprint density at radius 1 is 0.682 bits per heavy atom. The molecule has 3 nitrogen and oxygen atoms in total. The van der Waals surface area contributed by atoms with Gasteiger partial charge in [0.1, 0.15) is 5.69 Å². The second kappa shape index (κ2) is 4.18. The number of hydrogen-bond donors (Lipinski definition) is 0. The molecule has 0 aromatic heterocycles. The summed E-state index contributed by atoms with van der Waals surface area (Å²) in [5, 5.41) is 0.590. The average Bonchev–Trinajstić information content (AvgIpc) is 2.54. The molecule has 0 N–H and O–H groups in total. The summed E-state index contributed by atoms with van der Waals surface area (Å²) in [6, 6.07) is 19.6. The highest BCUT2D eigenvalue weighted by atomic mass is 35.5. The number of fused-ring (bicyclic) bond motifs is 4. The van der Waals surface area contributed by atoms with Crippen LogP contribution >= 0.6 is 11.6 Å². The Labute approximate surface area is 132 Å². The second-order valence-electron chi connectivity index (χ2n) is 5.23. The van der Waals surface area contributed by atoms with Crippen LogP contribution in [0.2, 0.25) is 5.02 Å². The molecule has 0 aliphatic carbocycles. The molecule has 0 saturated heterocycles. The SMILES string of the molecule is Clc1cc2c3c(c1)Oc1ccccc1N3c1ccccc1O2. The summed E-state index contributed by atoms with van der Waals surface area (Å²) in [7, 11) is 0. The van der Waals surface area contributed by atoms with Crippen molar-refractivity contribution >= 4 is 28.7 Å². The average molecular weight is 308 g/mol. The molecule has 0 amide bonds.